The highest BCUT2D eigenvalue weighted by Gasteiger charge is 2.27. The van der Waals surface area contributed by atoms with E-state index >= 15 is 0 Å². The quantitative estimate of drug-likeness (QED) is 0.862. The number of ether oxygens (including phenoxy) is 1. The molecule has 94 valence electrons. The molecule has 1 aliphatic rings. The summed E-state index contributed by atoms with van der Waals surface area (Å²) in [6.07, 6.45) is 3.58. The van der Waals surface area contributed by atoms with E-state index in [1.54, 1.807) is 0 Å². The van der Waals surface area contributed by atoms with Crippen molar-refractivity contribution in [2.45, 2.75) is 19.8 Å². The van der Waals surface area contributed by atoms with Gasteiger partial charge >= 0.3 is 0 Å². The van der Waals surface area contributed by atoms with Gasteiger partial charge in [-0.15, -0.1) is 0 Å². The highest BCUT2D eigenvalue weighted by Crippen LogP contribution is 2.30. The lowest BCUT2D eigenvalue weighted by Crippen LogP contribution is -2.33. The summed E-state index contributed by atoms with van der Waals surface area (Å²) in [6, 6.07) is 0. The van der Waals surface area contributed by atoms with Crippen LogP contribution in [-0.4, -0.2) is 29.7 Å². The number of rotatable bonds is 3. The van der Waals surface area contributed by atoms with Crippen LogP contribution in [0, 0.1) is 5.41 Å². The molecule has 0 radical (unpaired) electrons. The molecule has 1 N–H and O–H groups in total. The fourth-order valence-electron chi connectivity index (χ4n) is 1.81. The average Bonchev–Trinajstić information content (AvgIpc) is 2.31. The number of halogens is 2. The standard InChI is InChI=1S/C11H15Cl2N3O/c1-11(2-4-17-5-3-11)7-15-9-8(12)6-14-10(13)16-9/h6H,2-5,7H2,1H3,(H,14,15,16). The Labute approximate surface area is 111 Å². The molecule has 1 aromatic heterocycles. The van der Waals surface area contributed by atoms with Gasteiger partial charge in [-0.3, -0.25) is 0 Å². The molecule has 2 heterocycles. The lowest BCUT2D eigenvalue weighted by Gasteiger charge is -2.33. The van der Waals surface area contributed by atoms with E-state index in [9.17, 15) is 0 Å². The van der Waals surface area contributed by atoms with Gasteiger partial charge in [0.2, 0.25) is 5.28 Å². The van der Waals surface area contributed by atoms with Gasteiger partial charge in [-0.05, 0) is 29.9 Å². The van der Waals surface area contributed by atoms with E-state index in [1.165, 1.54) is 6.20 Å². The Morgan fingerprint density at radius 1 is 1.41 bits per heavy atom. The van der Waals surface area contributed by atoms with Crippen LogP contribution in [0.5, 0.6) is 0 Å². The van der Waals surface area contributed by atoms with Crippen molar-refractivity contribution in [3.05, 3.63) is 16.5 Å². The zero-order chi connectivity index (χ0) is 12.3. The first-order valence-electron chi connectivity index (χ1n) is 5.59. The highest BCUT2D eigenvalue weighted by atomic mass is 35.5. The van der Waals surface area contributed by atoms with Crippen molar-refractivity contribution in [1.29, 1.82) is 0 Å². The number of nitrogens with zero attached hydrogens (tertiary/aromatic N) is 2. The van der Waals surface area contributed by atoms with Gasteiger partial charge in [0.05, 0.1) is 6.20 Å². The van der Waals surface area contributed by atoms with Gasteiger partial charge in [0, 0.05) is 19.8 Å². The zero-order valence-electron chi connectivity index (χ0n) is 9.67. The van der Waals surface area contributed by atoms with E-state index in [2.05, 4.69) is 22.2 Å². The van der Waals surface area contributed by atoms with Crippen molar-refractivity contribution in [2.75, 3.05) is 25.1 Å². The monoisotopic (exact) mass is 275 g/mol. The molecule has 0 bridgehead atoms. The largest absolute Gasteiger partial charge is 0.381 e. The number of hydrogen-bond donors (Lipinski definition) is 1. The summed E-state index contributed by atoms with van der Waals surface area (Å²) in [5.41, 5.74) is 0.221. The van der Waals surface area contributed by atoms with Crippen molar-refractivity contribution >= 4 is 29.0 Å². The van der Waals surface area contributed by atoms with Crippen molar-refractivity contribution < 1.29 is 4.74 Å². The van der Waals surface area contributed by atoms with E-state index in [4.69, 9.17) is 27.9 Å². The van der Waals surface area contributed by atoms with Gasteiger partial charge in [-0.25, -0.2) is 4.98 Å². The predicted molar refractivity (Wildman–Crippen MR) is 68.7 cm³/mol. The van der Waals surface area contributed by atoms with E-state index in [0.29, 0.717) is 10.8 Å². The Morgan fingerprint density at radius 2 is 2.12 bits per heavy atom. The maximum Gasteiger partial charge on any atom is 0.224 e. The summed E-state index contributed by atoms with van der Waals surface area (Å²) in [4.78, 5) is 7.88. The molecule has 0 aliphatic carbocycles. The minimum atomic E-state index is 0.203. The lowest BCUT2D eigenvalue weighted by atomic mass is 9.82. The summed E-state index contributed by atoms with van der Waals surface area (Å²) < 4.78 is 5.36. The summed E-state index contributed by atoms with van der Waals surface area (Å²) in [5.74, 6) is 0.597. The van der Waals surface area contributed by atoms with Crippen molar-refractivity contribution in [2.24, 2.45) is 5.41 Å². The summed E-state index contributed by atoms with van der Waals surface area (Å²) in [7, 11) is 0. The van der Waals surface area contributed by atoms with Crippen LogP contribution in [0.3, 0.4) is 0 Å². The third-order valence-corrected chi connectivity index (χ3v) is 3.56. The highest BCUT2D eigenvalue weighted by molar-refractivity contribution is 6.33. The van der Waals surface area contributed by atoms with Crippen molar-refractivity contribution in [3.63, 3.8) is 0 Å². The molecular weight excluding hydrogens is 261 g/mol. The third-order valence-electron chi connectivity index (χ3n) is 3.10. The second-order valence-electron chi connectivity index (χ2n) is 4.61. The molecule has 1 aliphatic heterocycles. The van der Waals surface area contributed by atoms with E-state index in [1.807, 2.05) is 0 Å². The Kier molecular flexibility index (Phi) is 4.07. The van der Waals surface area contributed by atoms with E-state index in [-0.39, 0.29) is 10.7 Å². The van der Waals surface area contributed by atoms with Crippen LogP contribution in [0.1, 0.15) is 19.8 Å². The fourth-order valence-corrected chi connectivity index (χ4v) is 2.10. The van der Waals surface area contributed by atoms with Crippen LogP contribution in [0.2, 0.25) is 10.3 Å². The molecule has 0 unspecified atom stereocenters. The van der Waals surface area contributed by atoms with Gasteiger partial charge in [0.25, 0.3) is 0 Å². The first kappa shape index (κ1) is 12.9. The molecule has 0 saturated carbocycles. The number of hydrogen-bond acceptors (Lipinski definition) is 4. The SMILES string of the molecule is CC1(CNc2nc(Cl)ncc2Cl)CCOCC1. The van der Waals surface area contributed by atoms with Crippen LogP contribution in [-0.2, 0) is 4.74 Å². The normalized spacial score (nSPS) is 19.0. The van der Waals surface area contributed by atoms with Crippen LogP contribution >= 0.6 is 23.2 Å². The van der Waals surface area contributed by atoms with Gasteiger partial charge in [-0.2, -0.15) is 4.98 Å². The minimum Gasteiger partial charge on any atom is -0.381 e. The van der Waals surface area contributed by atoms with Crippen molar-refractivity contribution in [1.82, 2.24) is 9.97 Å². The van der Waals surface area contributed by atoms with Crippen LogP contribution in [0.15, 0.2) is 6.20 Å². The zero-order valence-corrected chi connectivity index (χ0v) is 11.2. The molecule has 17 heavy (non-hydrogen) atoms. The molecule has 4 nitrogen and oxygen atoms in total. The van der Waals surface area contributed by atoms with Gasteiger partial charge in [-0.1, -0.05) is 18.5 Å². The summed E-state index contributed by atoms with van der Waals surface area (Å²) >= 11 is 11.7. The van der Waals surface area contributed by atoms with Crippen LogP contribution in [0.25, 0.3) is 0 Å². The number of aromatic nitrogens is 2. The van der Waals surface area contributed by atoms with Gasteiger partial charge < -0.3 is 10.1 Å². The fraction of sp³-hybridized carbons (Fsp3) is 0.636. The first-order chi connectivity index (χ1) is 8.09. The molecular formula is C11H15Cl2N3O. The minimum absolute atomic E-state index is 0.203. The Hall–Kier alpha value is -0.580. The smallest absolute Gasteiger partial charge is 0.224 e. The molecule has 6 heteroatoms. The van der Waals surface area contributed by atoms with E-state index in [0.717, 1.165) is 32.6 Å². The second-order valence-corrected chi connectivity index (χ2v) is 5.36. The molecule has 0 spiro atoms. The summed E-state index contributed by atoms with van der Waals surface area (Å²) in [5, 5.41) is 3.93. The van der Waals surface area contributed by atoms with Gasteiger partial charge in [0.15, 0.2) is 0 Å². The predicted octanol–water partition coefficient (Wildman–Crippen LogP) is 3.01. The second kappa shape index (κ2) is 5.38. The Balaban J connectivity index is 1.99. The first-order valence-corrected chi connectivity index (χ1v) is 6.34. The molecule has 1 fully saturated rings. The number of nitrogens with one attached hydrogen (secondary N) is 1. The molecule has 1 aromatic rings. The lowest BCUT2D eigenvalue weighted by molar-refractivity contribution is 0.0300. The van der Waals surface area contributed by atoms with Crippen molar-refractivity contribution in [3.8, 4) is 0 Å². The average molecular weight is 276 g/mol. The van der Waals surface area contributed by atoms with E-state index < -0.39 is 0 Å². The number of anilines is 1. The molecule has 2 rings (SSSR count). The molecule has 1 saturated heterocycles. The Morgan fingerprint density at radius 3 is 2.82 bits per heavy atom. The summed E-state index contributed by atoms with van der Waals surface area (Å²) in [6.45, 7) is 4.68. The molecule has 0 amide bonds. The topological polar surface area (TPSA) is 47.0 Å². The molecule has 0 aromatic carbocycles. The third kappa shape index (κ3) is 3.44. The van der Waals surface area contributed by atoms with Crippen LogP contribution < -0.4 is 5.32 Å². The maximum atomic E-state index is 5.99. The van der Waals surface area contributed by atoms with Crippen LogP contribution in [0.4, 0.5) is 5.82 Å². The molecule has 0 atom stereocenters. The Bertz CT molecular complexity index is 394. The maximum absolute atomic E-state index is 5.99. The van der Waals surface area contributed by atoms with Gasteiger partial charge in [0.1, 0.15) is 10.8 Å².